The molecule has 8 nitrogen and oxygen atoms in total. The lowest BCUT2D eigenvalue weighted by Crippen LogP contribution is -2.08. The van der Waals surface area contributed by atoms with Gasteiger partial charge in [0, 0.05) is 0 Å². The van der Waals surface area contributed by atoms with Gasteiger partial charge in [0.1, 0.15) is 17.9 Å². The summed E-state index contributed by atoms with van der Waals surface area (Å²) in [6.07, 6.45) is 1.33. The molecule has 0 bridgehead atoms. The normalized spacial score (nSPS) is 10.2. The SMILES string of the molecule is CCOC(=O)c1ccoc1COc1ccc(OC)cc1[N+](=O)[O-]. The summed E-state index contributed by atoms with van der Waals surface area (Å²) in [5.74, 6) is 0.0777. The molecule has 2 aromatic rings. The molecule has 0 saturated carbocycles. The Morgan fingerprint density at radius 1 is 1.35 bits per heavy atom. The molecule has 8 heteroatoms. The van der Waals surface area contributed by atoms with E-state index in [2.05, 4.69) is 0 Å². The first-order valence-electron chi connectivity index (χ1n) is 6.75. The maximum atomic E-state index is 11.7. The quantitative estimate of drug-likeness (QED) is 0.439. The highest BCUT2D eigenvalue weighted by Crippen LogP contribution is 2.31. The molecule has 0 fully saturated rings. The molecule has 0 aliphatic heterocycles. The zero-order valence-corrected chi connectivity index (χ0v) is 12.6. The van der Waals surface area contributed by atoms with Crippen LogP contribution in [0.25, 0.3) is 0 Å². The van der Waals surface area contributed by atoms with Crippen molar-refractivity contribution in [2.75, 3.05) is 13.7 Å². The summed E-state index contributed by atoms with van der Waals surface area (Å²) in [7, 11) is 1.41. The minimum Gasteiger partial charge on any atom is -0.496 e. The Labute approximate surface area is 131 Å². The van der Waals surface area contributed by atoms with Crippen molar-refractivity contribution in [2.45, 2.75) is 13.5 Å². The first-order valence-corrected chi connectivity index (χ1v) is 6.75. The van der Waals surface area contributed by atoms with Crippen molar-refractivity contribution in [3.05, 3.63) is 52.0 Å². The summed E-state index contributed by atoms with van der Waals surface area (Å²) in [5, 5.41) is 11.1. The van der Waals surface area contributed by atoms with Crippen LogP contribution in [0.15, 0.2) is 34.9 Å². The fraction of sp³-hybridized carbons (Fsp3) is 0.267. The summed E-state index contributed by atoms with van der Waals surface area (Å²) < 4.78 is 20.4. The van der Waals surface area contributed by atoms with Crippen molar-refractivity contribution in [1.82, 2.24) is 0 Å². The first kappa shape index (κ1) is 16.3. The molecule has 23 heavy (non-hydrogen) atoms. The van der Waals surface area contributed by atoms with Gasteiger partial charge in [-0.3, -0.25) is 10.1 Å². The third kappa shape index (κ3) is 3.79. The van der Waals surface area contributed by atoms with Crippen molar-refractivity contribution in [2.24, 2.45) is 0 Å². The molecule has 0 unspecified atom stereocenters. The number of rotatable bonds is 7. The van der Waals surface area contributed by atoms with E-state index in [1.165, 1.54) is 37.6 Å². The number of methoxy groups -OCH3 is 1. The third-order valence-electron chi connectivity index (χ3n) is 2.96. The number of nitrogens with zero attached hydrogens (tertiary/aromatic N) is 1. The van der Waals surface area contributed by atoms with Gasteiger partial charge in [-0.15, -0.1) is 0 Å². The van der Waals surface area contributed by atoms with E-state index in [0.29, 0.717) is 5.75 Å². The van der Waals surface area contributed by atoms with Crippen LogP contribution in [-0.4, -0.2) is 24.6 Å². The molecule has 122 valence electrons. The van der Waals surface area contributed by atoms with Crippen molar-refractivity contribution in [3.8, 4) is 11.5 Å². The number of ether oxygens (including phenoxy) is 3. The summed E-state index contributed by atoms with van der Waals surface area (Å²) in [6, 6.07) is 5.67. The maximum Gasteiger partial charge on any atom is 0.341 e. The van der Waals surface area contributed by atoms with Gasteiger partial charge in [-0.1, -0.05) is 0 Å². The Kier molecular flexibility index (Phi) is 5.19. The van der Waals surface area contributed by atoms with E-state index in [9.17, 15) is 14.9 Å². The Bertz CT molecular complexity index is 708. The molecule has 0 radical (unpaired) electrons. The molecular weight excluding hydrogens is 306 g/mol. The second kappa shape index (κ2) is 7.30. The molecule has 1 aromatic carbocycles. The van der Waals surface area contributed by atoms with Crippen LogP contribution in [0.2, 0.25) is 0 Å². The van der Waals surface area contributed by atoms with Crippen LogP contribution in [0.4, 0.5) is 5.69 Å². The van der Waals surface area contributed by atoms with Crippen LogP contribution in [0.3, 0.4) is 0 Å². The predicted octanol–water partition coefficient (Wildman–Crippen LogP) is 2.95. The first-order chi connectivity index (χ1) is 11.1. The van der Waals surface area contributed by atoms with Gasteiger partial charge in [-0.05, 0) is 25.1 Å². The lowest BCUT2D eigenvalue weighted by molar-refractivity contribution is -0.386. The highest BCUT2D eigenvalue weighted by atomic mass is 16.6. The number of hydrogen-bond acceptors (Lipinski definition) is 7. The molecule has 0 saturated heterocycles. The van der Waals surface area contributed by atoms with Gasteiger partial charge in [0.05, 0.1) is 31.0 Å². The molecule has 0 atom stereocenters. The van der Waals surface area contributed by atoms with Gasteiger partial charge in [-0.2, -0.15) is 0 Å². The number of nitro groups is 1. The van der Waals surface area contributed by atoms with Gasteiger partial charge in [-0.25, -0.2) is 4.79 Å². The van der Waals surface area contributed by atoms with Crippen molar-refractivity contribution in [1.29, 1.82) is 0 Å². The molecule has 1 heterocycles. The van der Waals surface area contributed by atoms with Gasteiger partial charge in [0.15, 0.2) is 11.5 Å². The average molecular weight is 321 g/mol. The maximum absolute atomic E-state index is 11.7. The van der Waals surface area contributed by atoms with E-state index in [0.717, 1.165) is 0 Å². The second-order valence-electron chi connectivity index (χ2n) is 4.36. The topological polar surface area (TPSA) is 101 Å². The lowest BCUT2D eigenvalue weighted by atomic mass is 10.2. The molecule has 0 amide bonds. The van der Waals surface area contributed by atoms with Crippen LogP contribution >= 0.6 is 0 Å². The Balaban J connectivity index is 2.17. The zero-order chi connectivity index (χ0) is 16.8. The largest absolute Gasteiger partial charge is 0.496 e. The Morgan fingerprint density at radius 3 is 2.78 bits per heavy atom. The predicted molar refractivity (Wildman–Crippen MR) is 78.6 cm³/mol. The molecule has 0 N–H and O–H groups in total. The van der Waals surface area contributed by atoms with Crippen LogP contribution in [0.5, 0.6) is 11.5 Å². The van der Waals surface area contributed by atoms with E-state index < -0.39 is 10.9 Å². The van der Waals surface area contributed by atoms with Crippen LogP contribution < -0.4 is 9.47 Å². The number of benzene rings is 1. The summed E-state index contributed by atoms with van der Waals surface area (Å²) in [5.41, 5.74) is -0.0170. The second-order valence-corrected chi connectivity index (χ2v) is 4.36. The zero-order valence-electron chi connectivity index (χ0n) is 12.6. The van der Waals surface area contributed by atoms with Crippen LogP contribution in [0.1, 0.15) is 23.0 Å². The molecule has 1 aromatic heterocycles. The molecular formula is C15H15NO7. The molecule has 0 aliphatic rings. The summed E-state index contributed by atoms with van der Waals surface area (Å²) in [6.45, 7) is 1.78. The minimum absolute atomic E-state index is 0.0435. The molecule has 0 aliphatic carbocycles. The number of carbonyl (C=O) groups is 1. The highest BCUT2D eigenvalue weighted by molar-refractivity contribution is 5.90. The van der Waals surface area contributed by atoms with Crippen molar-refractivity contribution < 1.29 is 28.3 Å². The Morgan fingerprint density at radius 2 is 2.13 bits per heavy atom. The fourth-order valence-electron chi connectivity index (χ4n) is 1.88. The van der Waals surface area contributed by atoms with Crippen LogP contribution in [-0.2, 0) is 11.3 Å². The average Bonchev–Trinajstić information content (AvgIpc) is 3.01. The number of esters is 1. The van der Waals surface area contributed by atoms with Crippen molar-refractivity contribution in [3.63, 3.8) is 0 Å². The molecule has 0 spiro atoms. The standard InChI is InChI=1S/C15H15NO7/c1-3-21-15(17)11-6-7-22-14(11)9-23-13-5-4-10(20-2)8-12(13)16(18)19/h4-8H,3,9H2,1-2H3. The van der Waals surface area contributed by atoms with E-state index in [1.54, 1.807) is 6.92 Å². The van der Waals surface area contributed by atoms with Gasteiger partial charge >= 0.3 is 11.7 Å². The summed E-state index contributed by atoms with van der Waals surface area (Å²) in [4.78, 5) is 22.2. The van der Waals surface area contributed by atoms with E-state index in [-0.39, 0.29) is 36.0 Å². The number of nitro benzene ring substituents is 1. The number of carbonyl (C=O) groups excluding carboxylic acids is 1. The van der Waals surface area contributed by atoms with E-state index >= 15 is 0 Å². The van der Waals surface area contributed by atoms with Crippen LogP contribution in [0, 0.1) is 10.1 Å². The van der Waals surface area contributed by atoms with Gasteiger partial charge < -0.3 is 18.6 Å². The monoisotopic (exact) mass is 321 g/mol. The van der Waals surface area contributed by atoms with Crippen molar-refractivity contribution >= 4 is 11.7 Å². The number of furan rings is 1. The Hall–Kier alpha value is -3.03. The lowest BCUT2D eigenvalue weighted by Gasteiger charge is -2.08. The van der Waals surface area contributed by atoms with Gasteiger partial charge in [0.25, 0.3) is 0 Å². The van der Waals surface area contributed by atoms with E-state index in [4.69, 9.17) is 18.6 Å². The number of hydrogen-bond donors (Lipinski definition) is 0. The smallest absolute Gasteiger partial charge is 0.341 e. The molecule has 2 rings (SSSR count). The summed E-state index contributed by atoms with van der Waals surface area (Å²) >= 11 is 0. The van der Waals surface area contributed by atoms with Gasteiger partial charge in [0.2, 0.25) is 0 Å². The fourth-order valence-corrected chi connectivity index (χ4v) is 1.88. The highest BCUT2D eigenvalue weighted by Gasteiger charge is 2.20. The van der Waals surface area contributed by atoms with E-state index in [1.807, 2.05) is 0 Å². The third-order valence-corrected chi connectivity index (χ3v) is 2.96. The minimum atomic E-state index is -0.577.